The van der Waals surface area contributed by atoms with Crippen LogP contribution in [0.4, 0.5) is 11.5 Å². The van der Waals surface area contributed by atoms with E-state index in [0.717, 1.165) is 0 Å². The topological polar surface area (TPSA) is 104 Å². The Kier molecular flexibility index (Phi) is 4.60. The van der Waals surface area contributed by atoms with Gasteiger partial charge in [-0.25, -0.2) is 4.98 Å². The molecule has 1 saturated heterocycles. The lowest BCUT2D eigenvalue weighted by Gasteiger charge is -2.36. The first kappa shape index (κ1) is 15.1. The number of carbonyl (C=O) groups is 1. The van der Waals surface area contributed by atoms with Gasteiger partial charge < -0.3 is 20.7 Å². The lowest BCUT2D eigenvalue weighted by Crippen LogP contribution is -2.55. The van der Waals surface area contributed by atoms with Crippen molar-refractivity contribution in [3.63, 3.8) is 0 Å². The molecule has 1 atom stereocenters. The molecule has 1 aliphatic rings. The van der Waals surface area contributed by atoms with Gasteiger partial charge in [0, 0.05) is 18.8 Å². The van der Waals surface area contributed by atoms with Gasteiger partial charge in [-0.15, -0.1) is 0 Å². The summed E-state index contributed by atoms with van der Waals surface area (Å²) in [4.78, 5) is 18.3. The Hall–Kier alpha value is -2.33. The summed E-state index contributed by atoms with van der Waals surface area (Å²) in [5.74, 6) is 0.400. The molecule has 0 bridgehead atoms. The van der Waals surface area contributed by atoms with Gasteiger partial charge in [0.1, 0.15) is 12.1 Å². The molecule has 1 aromatic rings. The van der Waals surface area contributed by atoms with Crippen molar-refractivity contribution in [3.05, 3.63) is 17.8 Å². The van der Waals surface area contributed by atoms with Crippen LogP contribution in [-0.2, 0) is 9.53 Å². The number of nitrogens with zero attached hydrogens (tertiary/aromatic N) is 3. The molecule has 7 nitrogen and oxygen atoms in total. The minimum absolute atomic E-state index is 0.0487. The van der Waals surface area contributed by atoms with Crippen molar-refractivity contribution in [2.24, 2.45) is 0 Å². The summed E-state index contributed by atoms with van der Waals surface area (Å²) < 4.78 is 5.40. The number of amides is 1. The minimum Gasteiger partial charge on any atom is -0.396 e. The standard InChI is InChI=1S/C14H19N5O2/c1-9(2)18-14(20)12-8-21-4-3-19(12)13-11(16)5-10(6-15)7-17-13/h5,7,9,12H,3-4,8,16H2,1-2H3,(H,18,20). The molecule has 3 N–H and O–H groups in total. The molecule has 2 rings (SSSR count). The van der Waals surface area contributed by atoms with Gasteiger partial charge in [-0.2, -0.15) is 5.26 Å². The summed E-state index contributed by atoms with van der Waals surface area (Å²) in [5.41, 5.74) is 6.75. The first-order valence-electron chi connectivity index (χ1n) is 6.83. The van der Waals surface area contributed by atoms with Crippen LogP contribution in [0.15, 0.2) is 12.3 Å². The fourth-order valence-corrected chi connectivity index (χ4v) is 2.23. The molecule has 1 aliphatic heterocycles. The highest BCUT2D eigenvalue weighted by molar-refractivity contribution is 5.86. The number of anilines is 2. The maximum absolute atomic E-state index is 12.3. The molecule has 21 heavy (non-hydrogen) atoms. The summed E-state index contributed by atoms with van der Waals surface area (Å²) in [7, 11) is 0. The number of nitriles is 1. The third kappa shape index (κ3) is 3.41. The van der Waals surface area contributed by atoms with Crippen molar-refractivity contribution >= 4 is 17.4 Å². The number of nitrogen functional groups attached to an aromatic ring is 1. The summed E-state index contributed by atoms with van der Waals surface area (Å²) in [6.45, 7) is 5.13. The Balaban J connectivity index is 2.26. The molecule has 1 unspecified atom stereocenters. The first-order chi connectivity index (χ1) is 10.0. The third-order valence-corrected chi connectivity index (χ3v) is 3.16. The second kappa shape index (κ2) is 6.41. The number of aromatic nitrogens is 1. The molecule has 1 amide bonds. The van der Waals surface area contributed by atoms with Crippen LogP contribution in [-0.4, -0.2) is 42.7 Å². The number of hydrogen-bond acceptors (Lipinski definition) is 6. The van der Waals surface area contributed by atoms with Gasteiger partial charge in [-0.3, -0.25) is 4.79 Å². The Bertz CT molecular complexity index is 567. The van der Waals surface area contributed by atoms with E-state index in [1.807, 2.05) is 24.8 Å². The highest BCUT2D eigenvalue weighted by Gasteiger charge is 2.31. The van der Waals surface area contributed by atoms with E-state index in [1.165, 1.54) is 6.20 Å². The predicted molar refractivity (Wildman–Crippen MR) is 78.6 cm³/mol. The quantitative estimate of drug-likeness (QED) is 0.827. The number of morpholine rings is 1. The van der Waals surface area contributed by atoms with Crippen molar-refractivity contribution in [2.75, 3.05) is 30.4 Å². The molecular weight excluding hydrogens is 270 g/mol. The highest BCUT2D eigenvalue weighted by Crippen LogP contribution is 2.24. The van der Waals surface area contributed by atoms with Crippen molar-refractivity contribution in [2.45, 2.75) is 25.9 Å². The van der Waals surface area contributed by atoms with E-state index >= 15 is 0 Å². The number of hydrogen-bond donors (Lipinski definition) is 2. The zero-order valence-electron chi connectivity index (χ0n) is 12.2. The normalized spacial score (nSPS) is 18.4. The number of nitrogens with one attached hydrogen (secondary N) is 1. The van der Waals surface area contributed by atoms with Crippen LogP contribution < -0.4 is 16.0 Å². The lowest BCUT2D eigenvalue weighted by molar-refractivity contribution is -0.125. The zero-order valence-corrected chi connectivity index (χ0v) is 12.2. The van der Waals surface area contributed by atoms with Gasteiger partial charge in [0.15, 0.2) is 5.82 Å². The summed E-state index contributed by atoms with van der Waals surface area (Å²) in [6, 6.07) is 3.14. The molecule has 0 spiro atoms. The highest BCUT2D eigenvalue weighted by atomic mass is 16.5. The molecule has 0 aromatic carbocycles. The summed E-state index contributed by atoms with van der Waals surface area (Å²) in [6.07, 6.45) is 1.46. The van der Waals surface area contributed by atoms with Crippen molar-refractivity contribution in [1.29, 1.82) is 5.26 Å². The van der Waals surface area contributed by atoms with Crippen LogP contribution in [0.2, 0.25) is 0 Å². The van der Waals surface area contributed by atoms with E-state index in [2.05, 4.69) is 10.3 Å². The Morgan fingerprint density at radius 2 is 2.43 bits per heavy atom. The van der Waals surface area contributed by atoms with Crippen LogP contribution in [0.3, 0.4) is 0 Å². The lowest BCUT2D eigenvalue weighted by atomic mass is 10.1. The van der Waals surface area contributed by atoms with E-state index in [0.29, 0.717) is 36.8 Å². The fourth-order valence-electron chi connectivity index (χ4n) is 2.23. The number of nitrogens with two attached hydrogens (primary N) is 1. The Morgan fingerprint density at radius 3 is 3.05 bits per heavy atom. The monoisotopic (exact) mass is 289 g/mol. The van der Waals surface area contributed by atoms with Crippen LogP contribution in [0, 0.1) is 11.3 Å². The van der Waals surface area contributed by atoms with E-state index in [-0.39, 0.29) is 11.9 Å². The second-order valence-corrected chi connectivity index (χ2v) is 5.20. The van der Waals surface area contributed by atoms with Crippen molar-refractivity contribution < 1.29 is 9.53 Å². The van der Waals surface area contributed by atoms with Gasteiger partial charge in [-0.1, -0.05) is 0 Å². The average Bonchev–Trinajstić information content (AvgIpc) is 2.46. The van der Waals surface area contributed by atoms with Gasteiger partial charge in [0.05, 0.1) is 24.5 Å². The number of ether oxygens (including phenoxy) is 1. The molecule has 2 heterocycles. The average molecular weight is 289 g/mol. The van der Waals surface area contributed by atoms with Crippen LogP contribution in [0.5, 0.6) is 0 Å². The first-order valence-corrected chi connectivity index (χ1v) is 6.83. The number of pyridine rings is 1. The van der Waals surface area contributed by atoms with Crippen molar-refractivity contribution in [1.82, 2.24) is 10.3 Å². The van der Waals surface area contributed by atoms with Gasteiger partial charge in [0.25, 0.3) is 0 Å². The molecule has 0 saturated carbocycles. The predicted octanol–water partition coefficient (Wildman–Crippen LogP) is 0.265. The largest absolute Gasteiger partial charge is 0.396 e. The van der Waals surface area contributed by atoms with Crippen LogP contribution in [0.1, 0.15) is 19.4 Å². The zero-order chi connectivity index (χ0) is 15.4. The minimum atomic E-state index is -0.469. The third-order valence-electron chi connectivity index (χ3n) is 3.16. The van der Waals surface area contributed by atoms with E-state index in [9.17, 15) is 4.79 Å². The molecule has 1 fully saturated rings. The molecule has 0 radical (unpaired) electrons. The van der Waals surface area contributed by atoms with Gasteiger partial charge >= 0.3 is 0 Å². The van der Waals surface area contributed by atoms with Crippen LogP contribution >= 0.6 is 0 Å². The van der Waals surface area contributed by atoms with E-state index < -0.39 is 6.04 Å². The van der Waals surface area contributed by atoms with E-state index in [1.54, 1.807) is 6.07 Å². The second-order valence-electron chi connectivity index (χ2n) is 5.20. The number of rotatable bonds is 3. The molecule has 0 aliphatic carbocycles. The molecule has 1 aromatic heterocycles. The number of carbonyl (C=O) groups excluding carboxylic acids is 1. The molecule has 7 heteroatoms. The van der Waals surface area contributed by atoms with Gasteiger partial charge in [-0.05, 0) is 19.9 Å². The van der Waals surface area contributed by atoms with Crippen LogP contribution in [0.25, 0.3) is 0 Å². The maximum Gasteiger partial charge on any atom is 0.245 e. The summed E-state index contributed by atoms with van der Waals surface area (Å²) >= 11 is 0. The molecule has 112 valence electrons. The SMILES string of the molecule is CC(C)NC(=O)C1COCCN1c1ncc(C#N)cc1N. The molecular formula is C14H19N5O2. The van der Waals surface area contributed by atoms with E-state index in [4.69, 9.17) is 15.7 Å². The van der Waals surface area contributed by atoms with Gasteiger partial charge in [0.2, 0.25) is 5.91 Å². The fraction of sp³-hybridized carbons (Fsp3) is 0.500. The Labute approximate surface area is 123 Å². The smallest absolute Gasteiger partial charge is 0.245 e. The maximum atomic E-state index is 12.3. The Morgan fingerprint density at radius 1 is 1.67 bits per heavy atom. The summed E-state index contributed by atoms with van der Waals surface area (Å²) in [5, 5.41) is 11.7. The van der Waals surface area contributed by atoms with Crippen molar-refractivity contribution in [3.8, 4) is 6.07 Å².